The van der Waals surface area contributed by atoms with Crippen LogP contribution in [0.15, 0.2) is 24.3 Å². The van der Waals surface area contributed by atoms with Crippen molar-refractivity contribution in [3.63, 3.8) is 0 Å². The van der Waals surface area contributed by atoms with E-state index >= 15 is 0 Å². The Balaban J connectivity index is 1.72. The Morgan fingerprint density at radius 1 is 0.974 bits per heavy atom. The molecule has 2 aliphatic heterocycles. The van der Waals surface area contributed by atoms with Crippen molar-refractivity contribution in [3.05, 3.63) is 29.8 Å². The molecule has 2 fully saturated rings. The van der Waals surface area contributed by atoms with E-state index in [4.69, 9.17) is 5.73 Å². The molecule has 3 amide bonds. The van der Waals surface area contributed by atoms with Gasteiger partial charge in [0.25, 0.3) is 5.91 Å². The Labute approximate surface area is 233 Å². The summed E-state index contributed by atoms with van der Waals surface area (Å²) in [5.41, 5.74) is 7.71. The van der Waals surface area contributed by atoms with Crippen molar-refractivity contribution in [2.75, 3.05) is 31.1 Å². The minimum absolute atomic E-state index is 0.0204. The van der Waals surface area contributed by atoms with Crippen LogP contribution in [-0.2, 0) is 14.4 Å². The van der Waals surface area contributed by atoms with E-state index in [-0.39, 0.29) is 42.0 Å². The van der Waals surface area contributed by atoms with Gasteiger partial charge in [-0.2, -0.15) is 0 Å². The third-order valence-corrected chi connectivity index (χ3v) is 7.93. The van der Waals surface area contributed by atoms with Crippen LogP contribution in [0, 0.1) is 11.8 Å². The number of carbonyl (C=O) groups is 4. The summed E-state index contributed by atoms with van der Waals surface area (Å²) in [6.45, 7) is 14.4. The molecule has 1 aromatic rings. The number of nitrogens with two attached hydrogens (primary N) is 1. The van der Waals surface area contributed by atoms with Gasteiger partial charge in [-0.15, -0.1) is 0 Å². The van der Waals surface area contributed by atoms with Crippen LogP contribution in [0.3, 0.4) is 0 Å². The second-order valence-electron chi connectivity index (χ2n) is 11.7. The van der Waals surface area contributed by atoms with Crippen LogP contribution in [0.5, 0.6) is 0 Å². The van der Waals surface area contributed by atoms with Gasteiger partial charge in [0.1, 0.15) is 12.1 Å². The Morgan fingerprint density at radius 2 is 1.62 bits per heavy atom. The molecule has 9 heteroatoms. The topological polar surface area (TPSA) is 116 Å². The Bertz CT molecular complexity index is 1020. The second-order valence-corrected chi connectivity index (χ2v) is 11.7. The molecular weight excluding hydrogens is 494 g/mol. The highest BCUT2D eigenvalue weighted by Crippen LogP contribution is 2.31. The van der Waals surface area contributed by atoms with Crippen LogP contribution in [0.2, 0.25) is 0 Å². The number of nitrogens with one attached hydrogen (secondary N) is 1. The number of hydrogen-bond acceptors (Lipinski definition) is 6. The largest absolute Gasteiger partial charge is 0.372 e. The summed E-state index contributed by atoms with van der Waals surface area (Å²) in [7, 11) is 0. The summed E-state index contributed by atoms with van der Waals surface area (Å²) in [6.07, 6.45) is 2.38. The molecule has 9 nitrogen and oxygen atoms in total. The van der Waals surface area contributed by atoms with Gasteiger partial charge >= 0.3 is 0 Å². The van der Waals surface area contributed by atoms with Crippen molar-refractivity contribution in [1.82, 2.24) is 15.1 Å². The molecule has 2 heterocycles. The summed E-state index contributed by atoms with van der Waals surface area (Å²) in [5, 5.41) is 2.94. The lowest BCUT2D eigenvalue weighted by atomic mass is 10.0. The summed E-state index contributed by atoms with van der Waals surface area (Å²) in [5.74, 6) is -0.357. The number of Topliss-reactive ketones (excluding diaryl/α,β-unsaturated/α-hetero) is 1. The normalized spacial score (nSPS) is 20.4. The van der Waals surface area contributed by atoms with E-state index in [1.165, 1.54) is 0 Å². The van der Waals surface area contributed by atoms with E-state index in [1.807, 2.05) is 26.0 Å². The van der Waals surface area contributed by atoms with Crippen LogP contribution in [0.25, 0.3) is 0 Å². The first-order valence-electron chi connectivity index (χ1n) is 14.5. The van der Waals surface area contributed by atoms with Gasteiger partial charge in [0.2, 0.25) is 11.8 Å². The molecule has 0 aliphatic carbocycles. The molecule has 0 radical (unpaired) electrons. The van der Waals surface area contributed by atoms with Crippen LogP contribution in [0.1, 0.15) is 77.6 Å². The average Bonchev–Trinajstić information content (AvgIpc) is 3.48. The van der Waals surface area contributed by atoms with E-state index in [1.54, 1.807) is 21.9 Å². The number of amides is 3. The number of rotatable bonds is 12. The summed E-state index contributed by atoms with van der Waals surface area (Å²) >= 11 is 0. The standard InChI is InChI=1S/C30H47N5O4/c1-7-33(8-2)22-12-10-21(11-13-22)28(37)32-24(17-20(5)6)30(39)34-16-15-25-27(34)26(36)18-35(25)29(38)23(31)14-9-19(3)4/h10-13,19-20,23-25,27H,7-9,14-18,31H2,1-6H3,(H,32,37). The highest BCUT2D eigenvalue weighted by Gasteiger charge is 2.52. The summed E-state index contributed by atoms with van der Waals surface area (Å²) in [4.78, 5) is 58.5. The first-order valence-corrected chi connectivity index (χ1v) is 14.5. The van der Waals surface area contributed by atoms with Gasteiger partial charge < -0.3 is 25.8 Å². The molecule has 4 atom stereocenters. The van der Waals surface area contributed by atoms with Gasteiger partial charge in [-0.3, -0.25) is 19.2 Å². The lowest BCUT2D eigenvalue weighted by Crippen LogP contribution is -2.53. The quantitative estimate of drug-likeness (QED) is 0.420. The maximum absolute atomic E-state index is 13.8. The Morgan fingerprint density at radius 3 is 2.18 bits per heavy atom. The third-order valence-electron chi connectivity index (χ3n) is 7.93. The molecule has 2 saturated heterocycles. The van der Waals surface area contributed by atoms with Gasteiger partial charge in [-0.25, -0.2) is 0 Å². The highest BCUT2D eigenvalue weighted by molar-refractivity contribution is 6.01. The number of ketones is 1. The lowest BCUT2D eigenvalue weighted by molar-refractivity contribution is -0.138. The smallest absolute Gasteiger partial charge is 0.251 e. The van der Waals surface area contributed by atoms with E-state index in [9.17, 15) is 19.2 Å². The zero-order valence-corrected chi connectivity index (χ0v) is 24.5. The zero-order chi connectivity index (χ0) is 28.9. The summed E-state index contributed by atoms with van der Waals surface area (Å²) in [6, 6.07) is 4.94. The first kappa shape index (κ1) is 30.6. The maximum atomic E-state index is 13.8. The van der Waals surface area contributed by atoms with Crippen LogP contribution < -0.4 is 16.0 Å². The Kier molecular flexibility index (Phi) is 10.5. The number of benzene rings is 1. The minimum atomic E-state index is -0.760. The number of carbonyl (C=O) groups excluding carboxylic acids is 4. The van der Waals surface area contributed by atoms with Crippen LogP contribution >= 0.6 is 0 Å². The predicted molar refractivity (Wildman–Crippen MR) is 153 cm³/mol. The highest BCUT2D eigenvalue weighted by atomic mass is 16.2. The van der Waals surface area contributed by atoms with Gasteiger partial charge in [0, 0.05) is 30.9 Å². The molecule has 1 aromatic carbocycles. The molecule has 3 rings (SSSR count). The van der Waals surface area contributed by atoms with Gasteiger partial charge in [0.05, 0.1) is 18.6 Å². The molecule has 216 valence electrons. The van der Waals surface area contributed by atoms with Crippen LogP contribution in [0.4, 0.5) is 5.69 Å². The number of nitrogens with zero attached hydrogens (tertiary/aromatic N) is 3. The molecule has 0 bridgehead atoms. The molecule has 0 spiro atoms. The number of hydrogen-bond donors (Lipinski definition) is 2. The molecule has 39 heavy (non-hydrogen) atoms. The molecule has 3 N–H and O–H groups in total. The molecule has 0 aromatic heterocycles. The van der Waals surface area contributed by atoms with E-state index < -0.39 is 18.1 Å². The number of anilines is 1. The van der Waals surface area contributed by atoms with Crippen molar-refractivity contribution < 1.29 is 19.2 Å². The third kappa shape index (κ3) is 7.18. The van der Waals surface area contributed by atoms with Crippen molar-refractivity contribution in [1.29, 1.82) is 0 Å². The van der Waals surface area contributed by atoms with Crippen molar-refractivity contribution in [3.8, 4) is 0 Å². The fraction of sp³-hybridized carbons (Fsp3) is 0.667. The first-order chi connectivity index (χ1) is 18.5. The van der Waals surface area contributed by atoms with E-state index in [2.05, 4.69) is 37.9 Å². The van der Waals surface area contributed by atoms with E-state index in [0.29, 0.717) is 37.3 Å². The van der Waals surface area contributed by atoms with Crippen LogP contribution in [-0.4, -0.2) is 83.7 Å². The van der Waals surface area contributed by atoms with Crippen molar-refractivity contribution >= 4 is 29.2 Å². The Hall–Kier alpha value is -2.94. The van der Waals surface area contributed by atoms with Gasteiger partial charge in [-0.05, 0) is 75.6 Å². The number of fused-ring (bicyclic) bond motifs is 1. The minimum Gasteiger partial charge on any atom is -0.372 e. The fourth-order valence-corrected chi connectivity index (χ4v) is 5.75. The second kappa shape index (κ2) is 13.4. The lowest BCUT2D eigenvalue weighted by Gasteiger charge is -2.29. The number of likely N-dealkylation sites (tertiary alicyclic amines) is 2. The molecule has 2 aliphatic rings. The monoisotopic (exact) mass is 541 g/mol. The van der Waals surface area contributed by atoms with Gasteiger partial charge in [-0.1, -0.05) is 27.7 Å². The summed E-state index contributed by atoms with van der Waals surface area (Å²) < 4.78 is 0. The van der Waals surface area contributed by atoms with Crippen molar-refractivity contribution in [2.45, 2.75) is 91.4 Å². The average molecular weight is 542 g/mol. The molecule has 0 saturated carbocycles. The van der Waals surface area contributed by atoms with E-state index in [0.717, 1.165) is 25.2 Å². The molecular formula is C30H47N5O4. The maximum Gasteiger partial charge on any atom is 0.251 e. The SMILES string of the molecule is CCN(CC)c1ccc(C(=O)NC(CC(C)C)C(=O)N2CCC3C2C(=O)CN3C(=O)C(N)CCC(C)C)cc1. The zero-order valence-electron chi connectivity index (χ0n) is 24.5. The fourth-order valence-electron chi connectivity index (χ4n) is 5.75. The predicted octanol–water partition coefficient (Wildman–Crippen LogP) is 2.82. The molecule has 4 unspecified atom stereocenters. The van der Waals surface area contributed by atoms with Crippen molar-refractivity contribution in [2.24, 2.45) is 17.6 Å². The van der Waals surface area contributed by atoms with Gasteiger partial charge in [0.15, 0.2) is 5.78 Å².